The standard InChI is InChI=1S/C13H17ClFNO2/c1-8(2)10(14)7-16-13(17)9-4-5-11(15)12(6-9)18-3/h4-6,8,10H,7H2,1-3H3,(H,16,17). The number of carbonyl (C=O) groups excluding carboxylic acids is 1. The maximum absolute atomic E-state index is 13.2. The number of hydrogen-bond acceptors (Lipinski definition) is 2. The Morgan fingerprint density at radius 3 is 2.72 bits per heavy atom. The Hall–Kier alpha value is -1.29. The van der Waals surface area contributed by atoms with E-state index in [0.29, 0.717) is 12.1 Å². The molecule has 0 bridgehead atoms. The molecule has 0 aliphatic heterocycles. The lowest BCUT2D eigenvalue weighted by atomic mass is 10.1. The van der Waals surface area contributed by atoms with Crippen LogP contribution in [0.2, 0.25) is 0 Å². The van der Waals surface area contributed by atoms with Crippen molar-refractivity contribution in [3.05, 3.63) is 29.6 Å². The number of alkyl halides is 1. The highest BCUT2D eigenvalue weighted by atomic mass is 35.5. The van der Waals surface area contributed by atoms with Gasteiger partial charge in [-0.25, -0.2) is 4.39 Å². The summed E-state index contributed by atoms with van der Waals surface area (Å²) >= 11 is 6.03. The van der Waals surface area contributed by atoms with Crippen molar-refractivity contribution in [2.75, 3.05) is 13.7 Å². The van der Waals surface area contributed by atoms with Gasteiger partial charge in [0.05, 0.1) is 12.5 Å². The summed E-state index contributed by atoms with van der Waals surface area (Å²) in [5.41, 5.74) is 0.348. The zero-order valence-corrected chi connectivity index (χ0v) is 11.4. The summed E-state index contributed by atoms with van der Waals surface area (Å²) < 4.78 is 18.0. The molecule has 0 aliphatic carbocycles. The van der Waals surface area contributed by atoms with E-state index in [4.69, 9.17) is 16.3 Å². The van der Waals surface area contributed by atoms with Crippen molar-refractivity contribution >= 4 is 17.5 Å². The molecule has 0 heterocycles. The molecule has 0 saturated heterocycles. The summed E-state index contributed by atoms with van der Waals surface area (Å²) in [6.07, 6.45) is 0. The molecule has 0 radical (unpaired) electrons. The smallest absolute Gasteiger partial charge is 0.251 e. The van der Waals surface area contributed by atoms with Crippen molar-refractivity contribution in [1.82, 2.24) is 5.32 Å². The maximum Gasteiger partial charge on any atom is 0.251 e. The fourth-order valence-electron chi connectivity index (χ4n) is 1.33. The van der Waals surface area contributed by atoms with E-state index in [0.717, 1.165) is 0 Å². The summed E-state index contributed by atoms with van der Waals surface area (Å²) in [6, 6.07) is 3.98. The van der Waals surface area contributed by atoms with Gasteiger partial charge in [0, 0.05) is 12.1 Å². The van der Waals surface area contributed by atoms with Crippen molar-refractivity contribution in [2.24, 2.45) is 5.92 Å². The zero-order valence-electron chi connectivity index (χ0n) is 10.7. The fraction of sp³-hybridized carbons (Fsp3) is 0.462. The number of benzene rings is 1. The molecule has 3 nitrogen and oxygen atoms in total. The van der Waals surface area contributed by atoms with E-state index in [9.17, 15) is 9.18 Å². The normalized spacial score (nSPS) is 12.3. The molecule has 5 heteroatoms. The molecule has 1 aromatic carbocycles. The first-order chi connectivity index (χ1) is 8.45. The summed E-state index contributed by atoms with van der Waals surface area (Å²) in [5, 5.41) is 2.57. The summed E-state index contributed by atoms with van der Waals surface area (Å²) in [5.74, 6) is -0.463. The lowest BCUT2D eigenvalue weighted by Gasteiger charge is -2.14. The van der Waals surface area contributed by atoms with Gasteiger partial charge >= 0.3 is 0 Å². The molecule has 1 aromatic rings. The van der Waals surface area contributed by atoms with Gasteiger partial charge in [-0.15, -0.1) is 11.6 Å². The van der Waals surface area contributed by atoms with E-state index in [1.807, 2.05) is 13.8 Å². The largest absolute Gasteiger partial charge is 0.494 e. The average molecular weight is 274 g/mol. The number of ether oxygens (including phenoxy) is 1. The summed E-state index contributed by atoms with van der Waals surface area (Å²) in [4.78, 5) is 11.8. The van der Waals surface area contributed by atoms with Crippen LogP contribution >= 0.6 is 11.6 Å². The number of methoxy groups -OCH3 is 1. The van der Waals surface area contributed by atoms with Crippen molar-refractivity contribution < 1.29 is 13.9 Å². The van der Waals surface area contributed by atoms with Crippen LogP contribution in [0.1, 0.15) is 24.2 Å². The number of halogens is 2. The molecular weight excluding hydrogens is 257 g/mol. The topological polar surface area (TPSA) is 38.3 Å². The molecule has 0 fully saturated rings. The number of nitrogens with one attached hydrogen (secondary N) is 1. The van der Waals surface area contributed by atoms with Gasteiger partial charge in [-0.3, -0.25) is 4.79 Å². The van der Waals surface area contributed by atoms with Gasteiger partial charge < -0.3 is 10.1 Å². The Labute approximate surface area is 111 Å². The van der Waals surface area contributed by atoms with E-state index >= 15 is 0 Å². The molecule has 0 aliphatic rings. The molecule has 1 N–H and O–H groups in total. The zero-order chi connectivity index (χ0) is 13.7. The minimum absolute atomic E-state index is 0.0499. The van der Waals surface area contributed by atoms with E-state index in [-0.39, 0.29) is 23.0 Å². The molecule has 1 rings (SSSR count). The highest BCUT2D eigenvalue weighted by Gasteiger charge is 2.13. The highest BCUT2D eigenvalue weighted by Crippen LogP contribution is 2.18. The minimum atomic E-state index is -0.494. The van der Waals surface area contributed by atoms with Crippen molar-refractivity contribution in [3.63, 3.8) is 0 Å². The van der Waals surface area contributed by atoms with Crippen LogP contribution < -0.4 is 10.1 Å². The van der Waals surface area contributed by atoms with Crippen molar-refractivity contribution in [3.8, 4) is 5.75 Å². The first kappa shape index (κ1) is 14.8. The lowest BCUT2D eigenvalue weighted by molar-refractivity contribution is 0.0952. The van der Waals surface area contributed by atoms with Crippen molar-refractivity contribution in [1.29, 1.82) is 0 Å². The van der Waals surface area contributed by atoms with E-state index < -0.39 is 5.82 Å². The number of carbonyl (C=O) groups is 1. The molecule has 0 saturated carbocycles. The van der Waals surface area contributed by atoms with Crippen LogP contribution in [-0.2, 0) is 0 Å². The van der Waals surface area contributed by atoms with Gasteiger partial charge in [-0.1, -0.05) is 13.8 Å². The molecule has 0 spiro atoms. The highest BCUT2D eigenvalue weighted by molar-refractivity contribution is 6.21. The predicted octanol–water partition coefficient (Wildman–Crippen LogP) is 2.83. The average Bonchev–Trinajstić information content (AvgIpc) is 2.35. The van der Waals surface area contributed by atoms with Gasteiger partial charge in [0.1, 0.15) is 0 Å². The Morgan fingerprint density at radius 1 is 1.50 bits per heavy atom. The van der Waals surface area contributed by atoms with E-state index in [1.165, 1.54) is 25.3 Å². The third kappa shape index (κ3) is 3.88. The molecule has 18 heavy (non-hydrogen) atoms. The van der Waals surface area contributed by atoms with Crippen LogP contribution in [0.25, 0.3) is 0 Å². The molecule has 1 atom stereocenters. The molecule has 100 valence electrons. The minimum Gasteiger partial charge on any atom is -0.494 e. The van der Waals surface area contributed by atoms with Gasteiger partial charge in [0.2, 0.25) is 0 Å². The maximum atomic E-state index is 13.2. The van der Waals surface area contributed by atoms with Gasteiger partial charge in [-0.2, -0.15) is 0 Å². The first-order valence-corrected chi connectivity index (χ1v) is 6.15. The molecular formula is C13H17ClFNO2. The summed E-state index contributed by atoms with van der Waals surface area (Å²) in [6.45, 7) is 4.33. The van der Waals surface area contributed by atoms with Crippen LogP contribution in [0, 0.1) is 11.7 Å². The second kappa shape index (κ2) is 6.59. The predicted molar refractivity (Wildman–Crippen MR) is 69.8 cm³/mol. The van der Waals surface area contributed by atoms with Crippen LogP contribution in [0.5, 0.6) is 5.75 Å². The molecule has 0 aromatic heterocycles. The third-order valence-electron chi connectivity index (χ3n) is 2.59. The van der Waals surface area contributed by atoms with Gasteiger partial charge in [0.25, 0.3) is 5.91 Å². The lowest BCUT2D eigenvalue weighted by Crippen LogP contribution is -2.31. The number of hydrogen-bond donors (Lipinski definition) is 1. The second-order valence-electron chi connectivity index (χ2n) is 4.32. The van der Waals surface area contributed by atoms with E-state index in [1.54, 1.807) is 0 Å². The van der Waals surface area contributed by atoms with Crippen LogP contribution in [0.15, 0.2) is 18.2 Å². The Morgan fingerprint density at radius 2 is 2.17 bits per heavy atom. The van der Waals surface area contributed by atoms with Crippen molar-refractivity contribution in [2.45, 2.75) is 19.2 Å². The Bertz CT molecular complexity index is 423. The first-order valence-electron chi connectivity index (χ1n) is 5.71. The Kier molecular flexibility index (Phi) is 5.41. The van der Waals surface area contributed by atoms with Gasteiger partial charge in [0.15, 0.2) is 11.6 Å². The monoisotopic (exact) mass is 273 g/mol. The van der Waals surface area contributed by atoms with Crippen LogP contribution in [-0.4, -0.2) is 24.9 Å². The SMILES string of the molecule is COc1cc(C(=O)NCC(Cl)C(C)C)ccc1F. The summed E-state index contributed by atoms with van der Waals surface area (Å²) in [7, 11) is 1.35. The second-order valence-corrected chi connectivity index (χ2v) is 4.88. The fourth-order valence-corrected chi connectivity index (χ4v) is 1.41. The van der Waals surface area contributed by atoms with Gasteiger partial charge in [-0.05, 0) is 24.1 Å². The van der Waals surface area contributed by atoms with Crippen LogP contribution in [0.4, 0.5) is 4.39 Å². The number of amides is 1. The number of rotatable bonds is 5. The quantitative estimate of drug-likeness (QED) is 0.838. The molecule has 1 amide bonds. The van der Waals surface area contributed by atoms with Crippen LogP contribution in [0.3, 0.4) is 0 Å². The third-order valence-corrected chi connectivity index (χ3v) is 3.25. The molecule has 1 unspecified atom stereocenters. The van der Waals surface area contributed by atoms with E-state index in [2.05, 4.69) is 5.32 Å². The Balaban J connectivity index is 2.67.